The van der Waals surface area contributed by atoms with Crippen LogP contribution in [0.3, 0.4) is 0 Å². The fourth-order valence-corrected chi connectivity index (χ4v) is 4.71. The lowest BCUT2D eigenvalue weighted by atomic mass is 9.98. The van der Waals surface area contributed by atoms with Crippen LogP contribution in [0.1, 0.15) is 58.3 Å². The lowest BCUT2D eigenvalue weighted by molar-refractivity contribution is -0.159. The number of hydrogen-bond acceptors (Lipinski definition) is 6. The summed E-state index contributed by atoms with van der Waals surface area (Å²) in [5.74, 6) is 0.855. The first-order valence-corrected chi connectivity index (χ1v) is 13.6. The van der Waals surface area contributed by atoms with Crippen molar-refractivity contribution in [2.45, 2.75) is 71.6 Å². The van der Waals surface area contributed by atoms with Gasteiger partial charge in [0.05, 0.1) is 6.54 Å². The summed E-state index contributed by atoms with van der Waals surface area (Å²) in [7, 11) is 0. The first kappa shape index (κ1) is 29.2. The second-order valence-corrected chi connectivity index (χ2v) is 11.3. The quantitative estimate of drug-likeness (QED) is 0.390. The average molecular weight is 558 g/mol. The minimum Gasteiger partial charge on any atom is -0.444 e. The van der Waals surface area contributed by atoms with E-state index in [1.54, 1.807) is 29.3 Å². The number of carbonyl (C=O) groups is 2. The van der Waals surface area contributed by atoms with E-state index in [-0.39, 0.29) is 30.1 Å². The molecule has 0 saturated carbocycles. The first-order valence-electron chi connectivity index (χ1n) is 13.6. The normalized spacial score (nSPS) is 16.1. The van der Waals surface area contributed by atoms with Crippen molar-refractivity contribution in [2.75, 3.05) is 19.6 Å². The average Bonchev–Trinajstić information content (AvgIpc) is 3.23. The second-order valence-electron chi connectivity index (χ2n) is 11.3. The Morgan fingerprint density at radius 3 is 2.58 bits per heavy atom. The van der Waals surface area contributed by atoms with E-state index >= 15 is 0 Å². The summed E-state index contributed by atoms with van der Waals surface area (Å²) in [4.78, 5) is 36.1. The number of halogens is 2. The predicted octanol–water partition coefficient (Wildman–Crippen LogP) is 5.17. The number of alkyl halides is 2. The Hall–Kier alpha value is -3.76. The van der Waals surface area contributed by atoms with Gasteiger partial charge in [0.1, 0.15) is 22.7 Å². The van der Waals surface area contributed by atoms with E-state index in [9.17, 15) is 18.4 Å². The Morgan fingerprint density at radius 2 is 1.88 bits per heavy atom. The molecule has 0 bridgehead atoms. The molecule has 2 aromatic heterocycles. The van der Waals surface area contributed by atoms with Crippen molar-refractivity contribution in [3.8, 4) is 5.75 Å². The molecule has 3 heterocycles. The van der Waals surface area contributed by atoms with Crippen molar-refractivity contribution in [3.63, 3.8) is 0 Å². The van der Waals surface area contributed by atoms with Gasteiger partial charge in [0.25, 0.3) is 0 Å². The van der Waals surface area contributed by atoms with Crippen LogP contribution in [0.2, 0.25) is 0 Å². The molecule has 2 amide bonds. The molecule has 1 aliphatic heterocycles. The number of hydrogen-bond donors (Lipinski definition) is 1. The Bertz CT molecular complexity index is 1310. The molecule has 216 valence electrons. The zero-order chi connectivity index (χ0) is 28.9. The summed E-state index contributed by atoms with van der Waals surface area (Å²) in [5.41, 5.74) is 1.71. The van der Waals surface area contributed by atoms with Crippen molar-refractivity contribution in [2.24, 2.45) is 5.92 Å². The number of likely N-dealkylation sites (tertiary alicyclic amines) is 1. The first-order chi connectivity index (χ1) is 18.9. The summed E-state index contributed by atoms with van der Waals surface area (Å²) in [5, 5.41) is 3.01. The van der Waals surface area contributed by atoms with E-state index in [0.717, 1.165) is 18.4 Å². The Morgan fingerprint density at radius 1 is 1.12 bits per heavy atom. The molecule has 1 fully saturated rings. The number of fused-ring (bicyclic) bond motifs is 1. The van der Waals surface area contributed by atoms with Crippen molar-refractivity contribution < 1.29 is 27.8 Å². The molecule has 1 N–H and O–H groups in total. The van der Waals surface area contributed by atoms with Gasteiger partial charge in [-0.05, 0) is 69.4 Å². The molecular formula is C29H37F2N5O4. The van der Waals surface area contributed by atoms with Gasteiger partial charge >= 0.3 is 12.2 Å². The molecule has 40 heavy (non-hydrogen) atoms. The number of pyridine rings is 1. The SMILES string of the molecule is CC(C)(C)OC(=O)N1CCC[C@@H](CNC(=O)CCc2nc3cccnc3n2Cc2ccc(OC(C)(F)F)cc2)C1. The Kier molecular flexibility index (Phi) is 8.90. The minimum atomic E-state index is -3.26. The van der Waals surface area contributed by atoms with E-state index in [4.69, 9.17) is 9.72 Å². The van der Waals surface area contributed by atoms with Crippen LogP contribution in [0.25, 0.3) is 11.2 Å². The van der Waals surface area contributed by atoms with Gasteiger partial charge in [-0.15, -0.1) is 0 Å². The predicted molar refractivity (Wildman–Crippen MR) is 146 cm³/mol. The number of carbonyl (C=O) groups excluding carboxylic acids is 2. The van der Waals surface area contributed by atoms with E-state index in [1.165, 1.54) is 12.1 Å². The summed E-state index contributed by atoms with van der Waals surface area (Å²) in [6.45, 7) is 8.34. The molecule has 3 aromatic rings. The molecule has 4 rings (SSSR count). The topological polar surface area (TPSA) is 98.6 Å². The molecular weight excluding hydrogens is 520 g/mol. The fourth-order valence-electron chi connectivity index (χ4n) is 4.71. The van der Waals surface area contributed by atoms with Gasteiger partial charge in [0.15, 0.2) is 5.65 Å². The molecule has 0 aliphatic carbocycles. The zero-order valence-corrected chi connectivity index (χ0v) is 23.5. The molecule has 11 heteroatoms. The van der Waals surface area contributed by atoms with Gasteiger partial charge in [0.2, 0.25) is 5.91 Å². The molecule has 1 aliphatic rings. The minimum absolute atomic E-state index is 0.0777. The van der Waals surface area contributed by atoms with E-state index in [2.05, 4.69) is 15.0 Å². The van der Waals surface area contributed by atoms with Crippen LogP contribution < -0.4 is 10.1 Å². The van der Waals surface area contributed by atoms with Crippen LogP contribution >= 0.6 is 0 Å². The van der Waals surface area contributed by atoms with E-state index < -0.39 is 11.7 Å². The lowest BCUT2D eigenvalue weighted by Crippen LogP contribution is -2.45. The van der Waals surface area contributed by atoms with Crippen molar-refractivity contribution in [3.05, 3.63) is 54.0 Å². The summed E-state index contributed by atoms with van der Waals surface area (Å²) in [6, 6.07) is 10.1. The van der Waals surface area contributed by atoms with Crippen molar-refractivity contribution in [1.29, 1.82) is 0 Å². The monoisotopic (exact) mass is 557 g/mol. The number of imidazole rings is 1. The number of aryl methyl sites for hydroxylation is 1. The standard InChI is InChI=1S/C29H37F2N5O4/c1-28(2,3)40-27(38)35-16-6-7-21(18-35)17-33-25(37)14-13-24-34-23-8-5-15-32-26(23)36(24)19-20-9-11-22(12-10-20)39-29(4,30)31/h5,8-12,15,21H,6-7,13-14,16-19H2,1-4H3,(H,33,37)/t21-/m0/s1. The molecule has 1 aromatic carbocycles. The van der Waals surface area contributed by atoms with Crippen LogP contribution in [0.15, 0.2) is 42.6 Å². The number of piperidine rings is 1. The maximum Gasteiger partial charge on any atom is 0.410 e. The smallest absolute Gasteiger partial charge is 0.410 e. The Balaban J connectivity index is 1.34. The highest BCUT2D eigenvalue weighted by Gasteiger charge is 2.28. The van der Waals surface area contributed by atoms with Crippen LogP contribution in [-0.4, -0.2) is 62.8 Å². The van der Waals surface area contributed by atoms with Crippen LogP contribution in [0.5, 0.6) is 5.75 Å². The summed E-state index contributed by atoms with van der Waals surface area (Å²) >= 11 is 0. The van der Waals surface area contributed by atoms with Gasteiger partial charge in [-0.1, -0.05) is 12.1 Å². The van der Waals surface area contributed by atoms with E-state index in [0.29, 0.717) is 56.5 Å². The van der Waals surface area contributed by atoms with Gasteiger partial charge in [-0.3, -0.25) is 4.79 Å². The zero-order valence-electron chi connectivity index (χ0n) is 23.5. The fraction of sp³-hybridized carbons (Fsp3) is 0.517. The number of nitrogens with zero attached hydrogens (tertiary/aromatic N) is 4. The molecule has 1 atom stereocenters. The molecule has 0 spiro atoms. The van der Waals surface area contributed by atoms with Gasteiger partial charge in [-0.25, -0.2) is 14.8 Å². The number of amides is 2. The van der Waals surface area contributed by atoms with Gasteiger partial charge < -0.3 is 24.3 Å². The van der Waals surface area contributed by atoms with Gasteiger partial charge in [0, 0.05) is 45.6 Å². The largest absolute Gasteiger partial charge is 0.444 e. The Labute approximate surface area is 232 Å². The van der Waals surface area contributed by atoms with Crippen LogP contribution in [-0.2, 0) is 22.5 Å². The number of rotatable bonds is 9. The van der Waals surface area contributed by atoms with E-state index in [1.807, 2.05) is 31.4 Å². The van der Waals surface area contributed by atoms with Crippen LogP contribution in [0, 0.1) is 5.92 Å². The number of ether oxygens (including phenoxy) is 2. The van der Waals surface area contributed by atoms with Crippen molar-refractivity contribution in [1.82, 2.24) is 24.8 Å². The second kappa shape index (κ2) is 12.2. The lowest BCUT2D eigenvalue weighted by Gasteiger charge is -2.34. The third-order valence-corrected chi connectivity index (χ3v) is 6.48. The van der Waals surface area contributed by atoms with Crippen molar-refractivity contribution >= 4 is 23.2 Å². The highest BCUT2D eigenvalue weighted by molar-refractivity contribution is 5.76. The summed E-state index contributed by atoms with van der Waals surface area (Å²) < 4.78 is 38.4. The maximum absolute atomic E-state index is 13.2. The number of benzene rings is 1. The number of nitrogens with one attached hydrogen (secondary N) is 1. The molecule has 9 nitrogen and oxygen atoms in total. The highest BCUT2D eigenvalue weighted by Crippen LogP contribution is 2.23. The molecule has 1 saturated heterocycles. The third-order valence-electron chi connectivity index (χ3n) is 6.48. The number of aromatic nitrogens is 3. The molecule has 0 radical (unpaired) electrons. The van der Waals surface area contributed by atoms with Gasteiger partial charge in [-0.2, -0.15) is 8.78 Å². The third kappa shape index (κ3) is 8.37. The summed E-state index contributed by atoms with van der Waals surface area (Å²) in [6.07, 6.45) is 0.549. The highest BCUT2D eigenvalue weighted by atomic mass is 19.3. The maximum atomic E-state index is 13.2. The van der Waals surface area contributed by atoms with Crippen LogP contribution in [0.4, 0.5) is 13.6 Å². The molecule has 0 unspecified atom stereocenters.